The topological polar surface area (TPSA) is 29.3 Å². The van der Waals surface area contributed by atoms with Crippen molar-refractivity contribution in [2.24, 2.45) is 5.73 Å². The maximum absolute atomic E-state index is 13.8. The highest BCUT2D eigenvalue weighted by Gasteiger charge is 2.36. The quantitative estimate of drug-likeness (QED) is 0.808. The first-order valence-electron chi connectivity index (χ1n) is 5.02. The minimum absolute atomic E-state index is 0.0463. The van der Waals surface area contributed by atoms with Crippen LogP contribution in [0.15, 0.2) is 24.3 Å². The molecule has 2 N–H and O–H groups in total. The fourth-order valence-electron chi connectivity index (χ4n) is 1.87. The highest BCUT2D eigenvalue weighted by atomic mass is 19.1. The number of alkyl halides is 1. The molecule has 1 aliphatic heterocycles. The van der Waals surface area contributed by atoms with Crippen molar-refractivity contribution in [2.45, 2.75) is 12.1 Å². The maximum Gasteiger partial charge on any atom is 0.142 e. The first kappa shape index (κ1) is 10.4. The molecule has 1 unspecified atom stereocenters. The molecule has 0 spiro atoms. The summed E-state index contributed by atoms with van der Waals surface area (Å²) in [6.07, 6.45) is 0.445. The Hall–Kier alpha value is -1.16. The van der Waals surface area contributed by atoms with Crippen molar-refractivity contribution in [3.8, 4) is 0 Å². The van der Waals surface area contributed by atoms with Crippen molar-refractivity contribution >= 4 is 5.69 Å². The number of anilines is 1. The average molecular weight is 212 g/mol. The Kier molecular flexibility index (Phi) is 2.61. The Balaban J connectivity index is 2.11. The van der Waals surface area contributed by atoms with Crippen LogP contribution in [0.25, 0.3) is 0 Å². The van der Waals surface area contributed by atoms with E-state index in [1.54, 1.807) is 12.1 Å². The van der Waals surface area contributed by atoms with Crippen LogP contribution in [0.2, 0.25) is 0 Å². The lowest BCUT2D eigenvalue weighted by Gasteiger charge is -2.20. The van der Waals surface area contributed by atoms with E-state index in [1.165, 1.54) is 12.1 Å². The molecule has 0 radical (unpaired) electrons. The lowest BCUT2D eigenvalue weighted by molar-refractivity contribution is 0.204. The fraction of sp³-hybridized carbons (Fsp3) is 0.455. The summed E-state index contributed by atoms with van der Waals surface area (Å²) >= 11 is 0. The van der Waals surface area contributed by atoms with Crippen molar-refractivity contribution < 1.29 is 8.78 Å². The molecule has 1 saturated heterocycles. The van der Waals surface area contributed by atoms with Gasteiger partial charge in [-0.3, -0.25) is 0 Å². The summed E-state index contributed by atoms with van der Waals surface area (Å²) in [6, 6.07) is 6.10. The Bertz CT molecular complexity index is 339. The molecule has 1 atom stereocenters. The van der Waals surface area contributed by atoms with E-state index in [1.807, 2.05) is 4.90 Å². The first-order valence-corrected chi connectivity index (χ1v) is 5.02. The molecular weight excluding hydrogens is 198 g/mol. The standard InChI is InChI=1S/C11H14F2N2/c12-9-1-3-10(4-2-9)15-6-5-11(13,7-14)8-15/h1-4H,5-8,14H2. The lowest BCUT2D eigenvalue weighted by atomic mass is 10.1. The Morgan fingerprint density at radius 2 is 2.00 bits per heavy atom. The normalized spacial score (nSPS) is 25.9. The summed E-state index contributed by atoms with van der Waals surface area (Å²) in [7, 11) is 0. The molecule has 1 heterocycles. The van der Waals surface area contributed by atoms with Gasteiger partial charge in [-0.1, -0.05) is 0 Å². The van der Waals surface area contributed by atoms with Gasteiger partial charge in [-0.2, -0.15) is 0 Å². The SMILES string of the molecule is NCC1(F)CCN(c2ccc(F)cc2)C1. The predicted octanol–water partition coefficient (Wildman–Crippen LogP) is 1.70. The van der Waals surface area contributed by atoms with E-state index in [-0.39, 0.29) is 12.4 Å². The summed E-state index contributed by atoms with van der Waals surface area (Å²) in [4.78, 5) is 1.90. The van der Waals surface area contributed by atoms with E-state index in [0.717, 1.165) is 5.69 Å². The molecule has 2 rings (SSSR count). The first-order chi connectivity index (χ1) is 7.13. The van der Waals surface area contributed by atoms with E-state index >= 15 is 0 Å². The second-order valence-electron chi connectivity index (χ2n) is 4.00. The van der Waals surface area contributed by atoms with E-state index in [0.29, 0.717) is 19.5 Å². The summed E-state index contributed by atoms with van der Waals surface area (Å²) < 4.78 is 26.5. The van der Waals surface area contributed by atoms with Gasteiger partial charge < -0.3 is 10.6 Å². The molecule has 15 heavy (non-hydrogen) atoms. The molecule has 2 nitrogen and oxygen atoms in total. The van der Waals surface area contributed by atoms with Gasteiger partial charge in [-0.25, -0.2) is 8.78 Å². The molecule has 1 aromatic carbocycles. The molecule has 1 fully saturated rings. The zero-order chi connectivity index (χ0) is 10.9. The van der Waals surface area contributed by atoms with Crippen LogP contribution in [0.3, 0.4) is 0 Å². The van der Waals surface area contributed by atoms with Crippen LogP contribution in [0, 0.1) is 5.82 Å². The van der Waals surface area contributed by atoms with Gasteiger partial charge in [0.2, 0.25) is 0 Å². The van der Waals surface area contributed by atoms with Crippen LogP contribution in [-0.2, 0) is 0 Å². The lowest BCUT2D eigenvalue weighted by Crippen LogP contribution is -2.36. The van der Waals surface area contributed by atoms with Crippen molar-refractivity contribution in [3.05, 3.63) is 30.1 Å². The highest BCUT2D eigenvalue weighted by Crippen LogP contribution is 2.28. The van der Waals surface area contributed by atoms with Crippen LogP contribution < -0.4 is 10.6 Å². The van der Waals surface area contributed by atoms with Gasteiger partial charge in [-0.05, 0) is 24.3 Å². The van der Waals surface area contributed by atoms with Gasteiger partial charge in [0.25, 0.3) is 0 Å². The summed E-state index contributed by atoms with van der Waals surface area (Å²) in [5.74, 6) is -0.275. The van der Waals surface area contributed by atoms with Gasteiger partial charge >= 0.3 is 0 Å². The van der Waals surface area contributed by atoms with Crippen LogP contribution >= 0.6 is 0 Å². The minimum atomic E-state index is -1.28. The second-order valence-corrected chi connectivity index (χ2v) is 4.00. The molecule has 0 aliphatic carbocycles. The number of nitrogens with two attached hydrogens (primary N) is 1. The van der Waals surface area contributed by atoms with E-state index < -0.39 is 5.67 Å². The monoisotopic (exact) mass is 212 g/mol. The smallest absolute Gasteiger partial charge is 0.142 e. The molecule has 1 aliphatic rings. The Morgan fingerprint density at radius 3 is 2.53 bits per heavy atom. The van der Waals surface area contributed by atoms with E-state index in [4.69, 9.17) is 5.73 Å². The van der Waals surface area contributed by atoms with E-state index in [2.05, 4.69) is 0 Å². The van der Waals surface area contributed by atoms with Gasteiger partial charge in [-0.15, -0.1) is 0 Å². The summed E-state index contributed by atoms with van der Waals surface area (Å²) in [5.41, 5.74) is 4.94. The summed E-state index contributed by atoms with van der Waals surface area (Å²) in [5, 5.41) is 0. The van der Waals surface area contributed by atoms with Crippen molar-refractivity contribution in [2.75, 3.05) is 24.5 Å². The van der Waals surface area contributed by atoms with Crippen molar-refractivity contribution in [1.82, 2.24) is 0 Å². The fourth-order valence-corrected chi connectivity index (χ4v) is 1.87. The average Bonchev–Trinajstić information content (AvgIpc) is 2.63. The summed E-state index contributed by atoms with van der Waals surface area (Å²) in [6.45, 7) is 0.985. The zero-order valence-electron chi connectivity index (χ0n) is 8.42. The number of nitrogens with zero attached hydrogens (tertiary/aromatic N) is 1. The number of hydrogen-bond acceptors (Lipinski definition) is 2. The largest absolute Gasteiger partial charge is 0.368 e. The molecule has 0 bridgehead atoms. The van der Waals surface area contributed by atoms with Gasteiger partial charge in [0.05, 0.1) is 6.54 Å². The van der Waals surface area contributed by atoms with Crippen LogP contribution in [-0.4, -0.2) is 25.3 Å². The third-order valence-electron chi connectivity index (χ3n) is 2.86. The van der Waals surface area contributed by atoms with Gasteiger partial charge in [0, 0.05) is 25.2 Å². The maximum atomic E-state index is 13.8. The number of benzene rings is 1. The molecule has 0 aromatic heterocycles. The second kappa shape index (κ2) is 3.77. The number of hydrogen-bond donors (Lipinski definition) is 1. The molecule has 0 amide bonds. The predicted molar refractivity (Wildman–Crippen MR) is 56.1 cm³/mol. The van der Waals surface area contributed by atoms with Crippen molar-refractivity contribution in [1.29, 1.82) is 0 Å². The molecule has 4 heteroatoms. The highest BCUT2D eigenvalue weighted by molar-refractivity contribution is 5.48. The van der Waals surface area contributed by atoms with E-state index in [9.17, 15) is 8.78 Å². The van der Waals surface area contributed by atoms with Crippen molar-refractivity contribution in [3.63, 3.8) is 0 Å². The number of halogens is 2. The zero-order valence-corrected chi connectivity index (χ0v) is 8.42. The third-order valence-corrected chi connectivity index (χ3v) is 2.86. The van der Waals surface area contributed by atoms with Crippen LogP contribution in [0.4, 0.5) is 14.5 Å². The Morgan fingerprint density at radius 1 is 1.33 bits per heavy atom. The third kappa shape index (κ3) is 2.09. The van der Waals surface area contributed by atoms with Crippen LogP contribution in [0.5, 0.6) is 0 Å². The molecule has 1 aromatic rings. The van der Waals surface area contributed by atoms with Gasteiger partial charge in [0.1, 0.15) is 11.5 Å². The number of rotatable bonds is 2. The molecular formula is C11H14F2N2. The molecule has 82 valence electrons. The molecule has 0 saturated carbocycles. The Labute approximate surface area is 87.7 Å². The minimum Gasteiger partial charge on any atom is -0.368 e. The van der Waals surface area contributed by atoms with Gasteiger partial charge in [0.15, 0.2) is 0 Å². The van der Waals surface area contributed by atoms with Crippen LogP contribution in [0.1, 0.15) is 6.42 Å².